The first-order valence-corrected chi connectivity index (χ1v) is 11.3. The molecule has 160 valence electrons. The van der Waals surface area contributed by atoms with Crippen molar-refractivity contribution < 1.29 is 9.59 Å². The van der Waals surface area contributed by atoms with Crippen molar-refractivity contribution in [2.75, 3.05) is 32.7 Å². The van der Waals surface area contributed by atoms with Gasteiger partial charge in [-0.05, 0) is 57.0 Å². The molecule has 0 spiro atoms. The Labute approximate surface area is 183 Å². The van der Waals surface area contributed by atoms with Crippen molar-refractivity contribution in [3.8, 4) is 0 Å². The van der Waals surface area contributed by atoms with E-state index in [4.69, 9.17) is 11.6 Å². The number of halogens is 1. The predicted molar refractivity (Wildman–Crippen MR) is 120 cm³/mol. The number of amides is 1. The van der Waals surface area contributed by atoms with Crippen LogP contribution in [0.3, 0.4) is 0 Å². The molecule has 1 aliphatic carbocycles. The second kappa shape index (κ2) is 8.94. The molecule has 2 aliphatic rings. The Kier molecular flexibility index (Phi) is 6.30. The van der Waals surface area contributed by atoms with Gasteiger partial charge in [0, 0.05) is 59.8 Å². The second-order valence-corrected chi connectivity index (χ2v) is 9.03. The Morgan fingerprint density at radius 1 is 1.00 bits per heavy atom. The lowest BCUT2D eigenvalue weighted by molar-refractivity contribution is 0.0624. The number of nitrogens with zero attached hydrogens (tertiary/aromatic N) is 3. The smallest absolute Gasteiger partial charge is 0.253 e. The van der Waals surface area contributed by atoms with Crippen molar-refractivity contribution in [3.05, 3.63) is 57.9 Å². The summed E-state index contributed by atoms with van der Waals surface area (Å²) in [7, 11) is 0. The van der Waals surface area contributed by atoms with Gasteiger partial charge in [0.15, 0.2) is 5.78 Å². The lowest BCUT2D eigenvalue weighted by Crippen LogP contribution is -2.49. The maximum atomic E-state index is 13.0. The van der Waals surface area contributed by atoms with Gasteiger partial charge in [0.2, 0.25) is 0 Å². The van der Waals surface area contributed by atoms with Gasteiger partial charge >= 0.3 is 0 Å². The third-order valence-corrected chi connectivity index (χ3v) is 6.84. The summed E-state index contributed by atoms with van der Waals surface area (Å²) in [6.07, 6.45) is 5.00. The number of piperazine rings is 1. The maximum absolute atomic E-state index is 13.0. The quantitative estimate of drug-likeness (QED) is 0.659. The number of ketones is 1. The van der Waals surface area contributed by atoms with Gasteiger partial charge in [-0.3, -0.25) is 14.5 Å². The van der Waals surface area contributed by atoms with Gasteiger partial charge in [-0.2, -0.15) is 0 Å². The molecule has 1 saturated carbocycles. The van der Waals surface area contributed by atoms with E-state index in [0.717, 1.165) is 11.3 Å². The van der Waals surface area contributed by atoms with Crippen LogP contribution in [-0.4, -0.2) is 58.8 Å². The normalized spacial score (nSPS) is 18.2. The first-order valence-electron chi connectivity index (χ1n) is 10.9. The van der Waals surface area contributed by atoms with E-state index >= 15 is 0 Å². The van der Waals surface area contributed by atoms with E-state index in [1.54, 1.807) is 24.3 Å². The molecule has 1 saturated heterocycles. The van der Waals surface area contributed by atoms with Gasteiger partial charge in [-0.15, -0.1) is 0 Å². The van der Waals surface area contributed by atoms with Gasteiger partial charge in [-0.1, -0.05) is 24.4 Å². The average molecular weight is 428 g/mol. The zero-order valence-electron chi connectivity index (χ0n) is 17.9. The van der Waals surface area contributed by atoms with Crippen LogP contribution in [0, 0.1) is 13.8 Å². The van der Waals surface area contributed by atoms with Crippen molar-refractivity contribution >= 4 is 23.3 Å². The van der Waals surface area contributed by atoms with Crippen molar-refractivity contribution in [1.82, 2.24) is 14.4 Å². The van der Waals surface area contributed by atoms with Crippen LogP contribution >= 0.6 is 11.6 Å². The molecule has 6 heteroatoms. The van der Waals surface area contributed by atoms with Gasteiger partial charge < -0.3 is 9.47 Å². The molecular formula is C24H30ClN3O2. The highest BCUT2D eigenvalue weighted by Crippen LogP contribution is 2.33. The van der Waals surface area contributed by atoms with Crippen LogP contribution in [-0.2, 0) is 0 Å². The molecule has 1 aromatic carbocycles. The highest BCUT2D eigenvalue weighted by molar-refractivity contribution is 6.30. The Morgan fingerprint density at radius 2 is 1.63 bits per heavy atom. The maximum Gasteiger partial charge on any atom is 0.253 e. The van der Waals surface area contributed by atoms with Crippen molar-refractivity contribution in [2.45, 2.75) is 45.6 Å². The third-order valence-electron chi connectivity index (χ3n) is 6.59. The number of hydrogen-bond donors (Lipinski definition) is 0. The molecule has 1 amide bonds. The zero-order valence-corrected chi connectivity index (χ0v) is 18.6. The molecule has 0 radical (unpaired) electrons. The molecule has 2 aromatic rings. The fourth-order valence-corrected chi connectivity index (χ4v) is 5.08. The van der Waals surface area contributed by atoms with E-state index in [1.165, 1.54) is 31.4 Å². The van der Waals surface area contributed by atoms with E-state index in [2.05, 4.69) is 29.4 Å². The number of hydrogen-bond acceptors (Lipinski definition) is 3. The van der Waals surface area contributed by atoms with Crippen molar-refractivity contribution in [3.63, 3.8) is 0 Å². The minimum absolute atomic E-state index is 0.0257. The van der Waals surface area contributed by atoms with Crippen LogP contribution in [0.4, 0.5) is 0 Å². The first kappa shape index (κ1) is 21.1. The molecule has 4 rings (SSSR count). The number of aryl methyl sites for hydroxylation is 1. The minimum atomic E-state index is 0.0257. The summed E-state index contributed by atoms with van der Waals surface area (Å²) in [5.74, 6) is 0.211. The Balaban J connectivity index is 1.35. The zero-order chi connectivity index (χ0) is 21.3. The molecule has 2 heterocycles. The van der Waals surface area contributed by atoms with Gasteiger partial charge in [0.25, 0.3) is 5.91 Å². The van der Waals surface area contributed by atoms with Crippen LogP contribution in [0.15, 0.2) is 30.3 Å². The number of Topliss-reactive ketones (excluding diaryl/α,β-unsaturated/α-hetero) is 1. The molecule has 0 bridgehead atoms. The first-order chi connectivity index (χ1) is 14.4. The summed E-state index contributed by atoms with van der Waals surface area (Å²) in [6, 6.07) is 9.63. The van der Waals surface area contributed by atoms with Crippen LogP contribution in [0.25, 0.3) is 0 Å². The van der Waals surface area contributed by atoms with Gasteiger partial charge in [-0.25, -0.2) is 0 Å². The molecule has 1 aromatic heterocycles. The van der Waals surface area contributed by atoms with Crippen molar-refractivity contribution in [1.29, 1.82) is 0 Å². The highest BCUT2D eigenvalue weighted by Gasteiger charge is 2.26. The summed E-state index contributed by atoms with van der Waals surface area (Å²) < 4.78 is 2.38. The number of rotatable bonds is 5. The van der Waals surface area contributed by atoms with Crippen LogP contribution in [0.2, 0.25) is 5.02 Å². The monoisotopic (exact) mass is 427 g/mol. The van der Waals surface area contributed by atoms with E-state index in [0.29, 0.717) is 49.4 Å². The van der Waals surface area contributed by atoms with Gasteiger partial charge in [0.05, 0.1) is 6.54 Å². The standard InChI is InChI=1S/C24H30ClN3O2/c1-17-15-22(18(2)28(17)21-5-3-4-6-21)23(29)16-26-11-13-27(14-12-26)24(30)19-7-9-20(25)10-8-19/h7-10,15,21H,3-6,11-14,16H2,1-2H3. The molecular weight excluding hydrogens is 398 g/mol. The number of aromatic nitrogens is 1. The molecule has 1 aliphatic heterocycles. The summed E-state index contributed by atoms with van der Waals surface area (Å²) >= 11 is 5.91. The fourth-order valence-electron chi connectivity index (χ4n) is 4.96. The highest BCUT2D eigenvalue weighted by atomic mass is 35.5. The Hall–Kier alpha value is -2.11. The van der Waals surface area contributed by atoms with Crippen LogP contribution < -0.4 is 0 Å². The molecule has 0 unspecified atom stereocenters. The molecule has 5 nitrogen and oxygen atoms in total. The van der Waals surface area contributed by atoms with E-state index in [-0.39, 0.29) is 11.7 Å². The third kappa shape index (κ3) is 4.33. The minimum Gasteiger partial charge on any atom is -0.345 e. The fraction of sp³-hybridized carbons (Fsp3) is 0.500. The van der Waals surface area contributed by atoms with E-state index in [9.17, 15) is 9.59 Å². The van der Waals surface area contributed by atoms with Gasteiger partial charge in [0.1, 0.15) is 0 Å². The predicted octanol–water partition coefficient (Wildman–Crippen LogP) is 4.51. The lowest BCUT2D eigenvalue weighted by atomic mass is 10.1. The summed E-state index contributed by atoms with van der Waals surface area (Å²) in [4.78, 5) is 29.7. The number of benzene rings is 1. The summed E-state index contributed by atoms with van der Waals surface area (Å²) in [6.45, 7) is 7.31. The lowest BCUT2D eigenvalue weighted by Gasteiger charge is -2.34. The SMILES string of the molecule is Cc1cc(C(=O)CN2CCN(C(=O)c3ccc(Cl)cc3)CC2)c(C)n1C1CCCC1. The van der Waals surface area contributed by atoms with E-state index in [1.807, 2.05) is 4.90 Å². The largest absolute Gasteiger partial charge is 0.345 e. The average Bonchev–Trinajstić information content (AvgIpc) is 3.36. The number of carbonyl (C=O) groups excluding carboxylic acids is 2. The molecule has 2 fully saturated rings. The Morgan fingerprint density at radius 3 is 2.27 bits per heavy atom. The van der Waals surface area contributed by atoms with Crippen LogP contribution in [0.5, 0.6) is 0 Å². The van der Waals surface area contributed by atoms with E-state index < -0.39 is 0 Å². The summed E-state index contributed by atoms with van der Waals surface area (Å²) in [5.41, 5.74) is 3.82. The number of carbonyl (C=O) groups is 2. The second-order valence-electron chi connectivity index (χ2n) is 8.59. The molecule has 0 atom stereocenters. The van der Waals surface area contributed by atoms with Crippen LogP contribution in [0.1, 0.15) is 63.8 Å². The molecule has 0 N–H and O–H groups in total. The topological polar surface area (TPSA) is 45.6 Å². The summed E-state index contributed by atoms with van der Waals surface area (Å²) in [5, 5.41) is 0.627. The Bertz CT molecular complexity index is 921. The molecule has 30 heavy (non-hydrogen) atoms. The van der Waals surface area contributed by atoms with Crippen molar-refractivity contribution in [2.24, 2.45) is 0 Å².